The molecule has 6 heteroatoms. The first-order chi connectivity index (χ1) is 13.8. The molecule has 3 aromatic rings. The van der Waals surface area contributed by atoms with E-state index in [1.807, 2.05) is 64.1 Å². The first kappa shape index (κ1) is 19.3. The highest BCUT2D eigenvalue weighted by atomic mass is 32.1. The van der Waals surface area contributed by atoms with E-state index in [-0.39, 0.29) is 5.91 Å². The van der Waals surface area contributed by atoms with Crippen molar-refractivity contribution in [3.63, 3.8) is 0 Å². The van der Waals surface area contributed by atoms with Crippen LogP contribution >= 0.6 is 22.7 Å². The summed E-state index contributed by atoms with van der Waals surface area (Å²) in [6.45, 7) is 6.95. The second-order valence-electron chi connectivity index (χ2n) is 6.97. The number of benzene rings is 1. The molecule has 2 aromatic heterocycles. The van der Waals surface area contributed by atoms with E-state index < -0.39 is 0 Å². The molecule has 28 heavy (non-hydrogen) atoms. The van der Waals surface area contributed by atoms with E-state index in [2.05, 4.69) is 27.3 Å². The second kappa shape index (κ2) is 9.47. The van der Waals surface area contributed by atoms with Crippen LogP contribution in [0.5, 0.6) is 0 Å². The number of thiophene rings is 2. The third kappa shape index (κ3) is 4.89. The second-order valence-corrected chi connectivity index (χ2v) is 8.95. The molecule has 4 rings (SSSR count). The lowest BCUT2D eigenvalue weighted by atomic mass is 10.2. The predicted molar refractivity (Wildman–Crippen MR) is 118 cm³/mol. The van der Waals surface area contributed by atoms with Gasteiger partial charge < -0.3 is 4.90 Å². The van der Waals surface area contributed by atoms with Crippen molar-refractivity contribution in [2.24, 2.45) is 0 Å². The molecule has 3 heterocycles. The van der Waals surface area contributed by atoms with Crippen LogP contribution < -0.4 is 4.90 Å². The van der Waals surface area contributed by atoms with E-state index in [4.69, 9.17) is 0 Å². The highest BCUT2D eigenvalue weighted by molar-refractivity contribution is 7.12. The zero-order chi connectivity index (χ0) is 19.2. The maximum Gasteiger partial charge on any atom is 0.268 e. The number of hydrogen-bond acceptors (Lipinski definition) is 5. The Balaban J connectivity index is 1.34. The number of hydrogen-bond donors (Lipinski definition) is 0. The maximum absolute atomic E-state index is 13.0. The standard InChI is InChI=1S/C22H25N3OS2/c26-22(21-9-5-17-28-21)25(19-6-2-1-3-7-19)15-14-23-10-12-24(13-11-23)18-20-8-4-16-27-20/h1-9,16-17H,10-15,18H2. The summed E-state index contributed by atoms with van der Waals surface area (Å²) in [6.07, 6.45) is 0. The number of rotatable bonds is 7. The largest absolute Gasteiger partial charge is 0.306 e. The van der Waals surface area contributed by atoms with Crippen molar-refractivity contribution in [1.29, 1.82) is 0 Å². The molecule has 1 aromatic carbocycles. The average molecular weight is 412 g/mol. The lowest BCUT2D eigenvalue weighted by Gasteiger charge is -2.35. The van der Waals surface area contributed by atoms with E-state index in [0.29, 0.717) is 6.54 Å². The summed E-state index contributed by atoms with van der Waals surface area (Å²) in [5, 5.41) is 4.11. The van der Waals surface area contributed by atoms with Gasteiger partial charge in [0.05, 0.1) is 4.88 Å². The zero-order valence-corrected chi connectivity index (χ0v) is 17.5. The fourth-order valence-electron chi connectivity index (χ4n) is 3.52. The van der Waals surface area contributed by atoms with Crippen molar-refractivity contribution in [2.75, 3.05) is 44.2 Å². The van der Waals surface area contributed by atoms with Crippen LogP contribution in [0.1, 0.15) is 14.5 Å². The Labute approximate surface area is 174 Å². The Bertz CT molecular complexity index is 841. The molecule has 0 spiro atoms. The lowest BCUT2D eigenvalue weighted by Crippen LogP contribution is -2.48. The third-order valence-corrected chi connectivity index (χ3v) is 6.83. The molecule has 1 aliphatic heterocycles. The molecule has 1 fully saturated rings. The van der Waals surface area contributed by atoms with Crippen LogP contribution in [0, 0.1) is 0 Å². The minimum Gasteiger partial charge on any atom is -0.306 e. The van der Waals surface area contributed by atoms with Gasteiger partial charge in [-0.15, -0.1) is 22.7 Å². The van der Waals surface area contributed by atoms with Gasteiger partial charge in [0.15, 0.2) is 0 Å². The lowest BCUT2D eigenvalue weighted by molar-refractivity contribution is 0.0977. The Morgan fingerprint density at radius 2 is 1.57 bits per heavy atom. The Hall–Kier alpha value is -1.99. The molecule has 0 N–H and O–H groups in total. The van der Waals surface area contributed by atoms with Gasteiger partial charge in [-0.1, -0.05) is 30.3 Å². The molecule has 0 radical (unpaired) electrons. The molecule has 1 saturated heterocycles. The van der Waals surface area contributed by atoms with Gasteiger partial charge in [-0.2, -0.15) is 0 Å². The Kier molecular flexibility index (Phi) is 6.54. The smallest absolute Gasteiger partial charge is 0.268 e. The van der Waals surface area contributed by atoms with Crippen LogP contribution in [0.4, 0.5) is 5.69 Å². The van der Waals surface area contributed by atoms with Crippen molar-refractivity contribution < 1.29 is 4.79 Å². The first-order valence-corrected chi connectivity index (χ1v) is 11.4. The summed E-state index contributed by atoms with van der Waals surface area (Å²) in [4.78, 5) is 22.2. The molecular weight excluding hydrogens is 386 g/mol. The zero-order valence-electron chi connectivity index (χ0n) is 15.9. The molecular formula is C22H25N3OS2. The van der Waals surface area contributed by atoms with Crippen molar-refractivity contribution in [2.45, 2.75) is 6.54 Å². The molecule has 146 valence electrons. The van der Waals surface area contributed by atoms with Gasteiger partial charge in [0.25, 0.3) is 5.91 Å². The molecule has 0 unspecified atom stereocenters. The van der Waals surface area contributed by atoms with Crippen LogP contribution in [0.25, 0.3) is 0 Å². The van der Waals surface area contributed by atoms with Gasteiger partial charge in [-0.25, -0.2) is 0 Å². The minimum atomic E-state index is 0.0949. The Morgan fingerprint density at radius 1 is 0.857 bits per heavy atom. The van der Waals surface area contributed by atoms with Crippen molar-refractivity contribution in [1.82, 2.24) is 9.80 Å². The van der Waals surface area contributed by atoms with E-state index in [1.165, 1.54) is 16.2 Å². The number of para-hydroxylation sites is 1. The minimum absolute atomic E-state index is 0.0949. The van der Waals surface area contributed by atoms with E-state index in [1.54, 1.807) is 0 Å². The monoisotopic (exact) mass is 411 g/mol. The summed E-state index contributed by atoms with van der Waals surface area (Å²) in [5.41, 5.74) is 0.970. The number of amides is 1. The highest BCUT2D eigenvalue weighted by Crippen LogP contribution is 2.20. The summed E-state index contributed by atoms with van der Waals surface area (Å²) in [6, 6.07) is 18.2. The van der Waals surface area contributed by atoms with Crippen molar-refractivity contribution in [3.8, 4) is 0 Å². The maximum atomic E-state index is 13.0. The van der Waals surface area contributed by atoms with Crippen LogP contribution in [0.3, 0.4) is 0 Å². The summed E-state index contributed by atoms with van der Waals surface area (Å²) >= 11 is 3.34. The molecule has 0 saturated carbocycles. The van der Waals surface area contributed by atoms with Gasteiger partial charge in [-0.05, 0) is 35.0 Å². The highest BCUT2D eigenvalue weighted by Gasteiger charge is 2.22. The summed E-state index contributed by atoms with van der Waals surface area (Å²) in [7, 11) is 0. The molecule has 0 bridgehead atoms. The Morgan fingerprint density at radius 3 is 2.25 bits per heavy atom. The van der Waals surface area contributed by atoms with Gasteiger partial charge in [0.2, 0.25) is 0 Å². The fourth-order valence-corrected chi connectivity index (χ4v) is 4.94. The van der Waals surface area contributed by atoms with Gasteiger partial charge >= 0.3 is 0 Å². The molecule has 1 amide bonds. The van der Waals surface area contributed by atoms with Crippen LogP contribution in [0.15, 0.2) is 65.4 Å². The molecule has 1 aliphatic rings. The van der Waals surface area contributed by atoms with Gasteiger partial charge in [0.1, 0.15) is 0 Å². The van der Waals surface area contributed by atoms with Crippen LogP contribution in [0.2, 0.25) is 0 Å². The number of carbonyl (C=O) groups is 1. The molecule has 4 nitrogen and oxygen atoms in total. The summed E-state index contributed by atoms with van der Waals surface area (Å²) < 4.78 is 0. The van der Waals surface area contributed by atoms with Crippen LogP contribution in [-0.2, 0) is 6.54 Å². The number of piperazine rings is 1. The average Bonchev–Trinajstić information content (AvgIpc) is 3.44. The van der Waals surface area contributed by atoms with E-state index in [0.717, 1.165) is 49.8 Å². The van der Waals surface area contributed by atoms with Gasteiger partial charge in [0, 0.05) is 56.4 Å². The predicted octanol–water partition coefficient (Wildman–Crippen LogP) is 4.27. The van der Waals surface area contributed by atoms with Crippen LogP contribution in [-0.4, -0.2) is 55.0 Å². The van der Waals surface area contributed by atoms with E-state index >= 15 is 0 Å². The first-order valence-electron chi connectivity index (χ1n) is 9.67. The SMILES string of the molecule is O=C(c1cccs1)N(CCN1CCN(Cc2cccs2)CC1)c1ccccc1. The molecule has 0 aliphatic carbocycles. The van der Waals surface area contributed by atoms with E-state index in [9.17, 15) is 4.79 Å². The van der Waals surface area contributed by atoms with Gasteiger partial charge in [-0.3, -0.25) is 14.6 Å². The molecule has 0 atom stereocenters. The van der Waals surface area contributed by atoms with Crippen molar-refractivity contribution in [3.05, 3.63) is 75.1 Å². The topological polar surface area (TPSA) is 26.8 Å². The quantitative estimate of drug-likeness (QED) is 0.581. The third-order valence-electron chi connectivity index (χ3n) is 5.11. The number of carbonyl (C=O) groups excluding carboxylic acids is 1. The summed E-state index contributed by atoms with van der Waals surface area (Å²) in [5.74, 6) is 0.0949. The normalized spacial score (nSPS) is 15.6. The van der Waals surface area contributed by atoms with Crippen molar-refractivity contribution >= 4 is 34.3 Å². The number of nitrogens with zero attached hydrogens (tertiary/aromatic N) is 3. The number of anilines is 1. The fraction of sp³-hybridized carbons (Fsp3) is 0.318.